The maximum Gasteiger partial charge on any atom is 0 e. The van der Waals surface area contributed by atoms with E-state index in [0.717, 1.165) is 0 Å². The first-order valence-electron chi connectivity index (χ1n) is 0.289. The smallest absolute Gasteiger partial charge is 0 e. The fraction of sp³-hybridized carbons (Fsp3) is 0. The summed E-state index contributed by atoms with van der Waals surface area (Å²) in [5, 5.41) is 0. The van der Waals surface area contributed by atoms with Gasteiger partial charge in [0.25, 0.3) is 0 Å². The van der Waals surface area contributed by atoms with E-state index in [1.807, 2.05) is 0 Å². The molecule has 0 N–H and O–H groups in total. The average Bonchev–Trinajstić information content (AvgIpc) is 1.00. The van der Waals surface area contributed by atoms with E-state index in [1.165, 1.54) is 0 Å². The van der Waals surface area contributed by atoms with E-state index in [0.29, 0.717) is 24.0 Å². The molecule has 0 fully saturated rings. The van der Waals surface area contributed by atoms with E-state index in [-0.39, 0.29) is 51.0 Å². The Labute approximate surface area is 81.8 Å². The third-order valence-electron chi connectivity index (χ3n) is 0. The standard InChI is InChI=1S/Cd.Hg.S.Te. The summed E-state index contributed by atoms with van der Waals surface area (Å²) in [6, 6.07) is 0. The molecule has 0 aliphatic heterocycles. The Morgan fingerprint density at radius 2 is 1.25 bits per heavy atom. The molecule has 0 aromatic rings. The van der Waals surface area contributed by atoms with Crippen molar-refractivity contribution >= 4 is 32.2 Å². The van der Waals surface area contributed by atoms with Crippen molar-refractivity contribution in [3.05, 3.63) is 0 Å². The van der Waals surface area contributed by atoms with Gasteiger partial charge in [0.05, 0.1) is 0 Å². The van der Waals surface area contributed by atoms with Crippen LogP contribution in [-0.2, 0) is 51.3 Å². The van der Waals surface area contributed by atoms with Crippen LogP contribution in [0.1, 0.15) is 0 Å². The average molecular weight is 473 g/mol. The first kappa shape index (κ1) is 15.8. The van der Waals surface area contributed by atoms with Gasteiger partial charge in [-0.15, -0.1) is 0 Å². The largest absolute Gasteiger partial charge is 0 e. The van der Waals surface area contributed by atoms with Gasteiger partial charge in [-0.3, -0.25) is 0 Å². The van der Waals surface area contributed by atoms with E-state index in [4.69, 9.17) is 0 Å². The normalized spacial score (nSPS) is 1.50. The summed E-state index contributed by atoms with van der Waals surface area (Å²) in [5.74, 6) is 0. The predicted molar refractivity (Wildman–Crippen MR) is 13.3 cm³/mol. The van der Waals surface area contributed by atoms with Gasteiger partial charge in [-0.25, -0.2) is 0 Å². The van der Waals surface area contributed by atoms with Crippen molar-refractivity contribution in [1.29, 1.82) is 0 Å². The van der Waals surface area contributed by atoms with Crippen LogP contribution in [0.2, 0.25) is 0 Å². The Kier molecular flexibility index (Phi) is 66.8. The molecule has 0 aromatic heterocycles. The number of hydrogen-bond acceptors (Lipinski definition) is 1. The molecule has 0 nitrogen and oxygen atoms in total. The topological polar surface area (TPSA) is 0 Å². The second-order valence-corrected chi connectivity index (χ2v) is 0. The summed E-state index contributed by atoms with van der Waals surface area (Å²) in [6.07, 6.45) is 0. The van der Waals surface area contributed by atoms with Crippen molar-refractivity contribution in [3.8, 4) is 0 Å². The molecule has 16 valence electrons. The first-order valence-corrected chi connectivity index (χ1v) is 7.60. The predicted octanol–water partition coefficient (Wildman–Crippen LogP) is 0.262. The first-order chi connectivity index (χ1) is 1.00. The molecule has 0 saturated carbocycles. The van der Waals surface area contributed by atoms with Crippen molar-refractivity contribution in [3.63, 3.8) is 0 Å². The van der Waals surface area contributed by atoms with Gasteiger partial charge in [0.1, 0.15) is 0 Å². The molecular weight excluding hydrogens is 473 g/mol. The number of hydrogen-bond donors (Lipinski definition) is 0. The summed E-state index contributed by atoms with van der Waals surface area (Å²) in [7, 11) is 4.28. The van der Waals surface area contributed by atoms with Crippen molar-refractivity contribution in [2.24, 2.45) is 0 Å². The molecule has 2 radical (unpaired) electrons. The molecular formula is CdHgSTe. The molecule has 0 heterocycles. The Morgan fingerprint density at radius 3 is 1.25 bits per heavy atom. The zero-order valence-electron chi connectivity index (χ0n) is 2.23. The summed E-state index contributed by atoms with van der Waals surface area (Å²) < 4.78 is 0. The van der Waals surface area contributed by atoms with Gasteiger partial charge in [-0.05, 0) is 0 Å². The maximum absolute atomic E-state index is 4.28. The maximum atomic E-state index is 4.28. The fourth-order valence-electron chi connectivity index (χ4n) is 0. The summed E-state index contributed by atoms with van der Waals surface area (Å²) >= 11 is 0.611. The van der Waals surface area contributed by atoms with E-state index >= 15 is 0 Å². The van der Waals surface area contributed by atoms with Gasteiger partial charge in [-0.1, -0.05) is 0 Å². The van der Waals surface area contributed by atoms with Crippen molar-refractivity contribution < 1.29 is 51.3 Å². The molecule has 0 unspecified atom stereocenters. The van der Waals surface area contributed by atoms with Crippen molar-refractivity contribution in [2.45, 2.75) is 0 Å². The quantitative estimate of drug-likeness (QED) is 0.456. The van der Waals surface area contributed by atoms with Gasteiger partial charge in [-0.2, -0.15) is 0 Å². The third kappa shape index (κ3) is 8.85. The van der Waals surface area contributed by atoms with Gasteiger partial charge in [0, 0.05) is 51.0 Å². The monoisotopic (exact) mass is 478 g/mol. The Hall–Kier alpha value is 2.87. The van der Waals surface area contributed by atoms with Crippen molar-refractivity contribution in [2.75, 3.05) is 0 Å². The summed E-state index contributed by atoms with van der Waals surface area (Å²) in [4.78, 5) is 0. The van der Waals surface area contributed by atoms with Gasteiger partial charge >= 0.3 is 32.6 Å². The van der Waals surface area contributed by atoms with E-state index in [9.17, 15) is 0 Å². The zero-order chi connectivity index (χ0) is 2.00. The van der Waals surface area contributed by atoms with Gasteiger partial charge in [0.15, 0.2) is 0 Å². The van der Waals surface area contributed by atoms with E-state index in [2.05, 4.69) is 8.58 Å². The van der Waals surface area contributed by atoms with Crippen LogP contribution in [0.4, 0.5) is 0 Å². The molecule has 0 aliphatic rings. The molecule has 0 bridgehead atoms. The molecule has 0 rings (SSSR count). The van der Waals surface area contributed by atoms with E-state index in [1.54, 1.807) is 0 Å². The molecule has 0 aromatic carbocycles. The summed E-state index contributed by atoms with van der Waals surface area (Å²) in [6.45, 7) is 0. The van der Waals surface area contributed by atoms with Crippen LogP contribution < -0.4 is 0 Å². The minimum Gasteiger partial charge on any atom is 0 e. The van der Waals surface area contributed by atoms with Crippen LogP contribution in [-0.4, -0.2) is 23.7 Å². The van der Waals surface area contributed by atoms with E-state index < -0.39 is 0 Å². The second-order valence-electron chi connectivity index (χ2n) is 0. The van der Waals surface area contributed by atoms with Crippen LogP contribution in [0.15, 0.2) is 0 Å². The van der Waals surface area contributed by atoms with Crippen molar-refractivity contribution in [1.82, 2.24) is 0 Å². The van der Waals surface area contributed by atoms with Gasteiger partial charge < -0.3 is 0 Å². The van der Waals surface area contributed by atoms with Gasteiger partial charge in [0.2, 0.25) is 0 Å². The molecule has 4 heavy (non-hydrogen) atoms. The van der Waals surface area contributed by atoms with Crippen LogP contribution >= 0.6 is 8.58 Å². The molecule has 4 heteroatoms. The SMILES string of the molecule is [Cd].[S]=[Hg].[Te]. The number of rotatable bonds is 0. The zero-order valence-corrected chi connectivity index (χ0v) is 14.9. The minimum atomic E-state index is 0. The van der Waals surface area contributed by atoms with Crippen LogP contribution in [0.3, 0.4) is 0 Å². The summed E-state index contributed by atoms with van der Waals surface area (Å²) in [5.41, 5.74) is 0. The molecule has 0 spiro atoms. The Bertz CT molecular complexity index is 8.00. The Balaban J connectivity index is -0.00000000500. The van der Waals surface area contributed by atoms with Crippen LogP contribution in [0.5, 0.6) is 0 Å². The minimum absolute atomic E-state index is 0. The third-order valence-corrected chi connectivity index (χ3v) is 0. The second kappa shape index (κ2) is 16.9. The Morgan fingerprint density at radius 1 is 1.25 bits per heavy atom. The molecule has 0 saturated heterocycles. The molecule has 0 aliphatic carbocycles. The molecule has 0 amide bonds. The van der Waals surface area contributed by atoms with Crippen LogP contribution in [0, 0.1) is 0 Å². The fourth-order valence-corrected chi connectivity index (χ4v) is 0. The van der Waals surface area contributed by atoms with Crippen LogP contribution in [0.25, 0.3) is 0 Å². The molecule has 0 atom stereocenters.